The number of nitrogens with two attached hydrogens (primary N) is 8. The number of amides is 16. The first kappa shape index (κ1) is 111. The molecule has 0 unspecified atom stereocenters. The fourth-order valence-corrected chi connectivity index (χ4v) is 13.2. The molecule has 1 heterocycles. The van der Waals surface area contributed by atoms with Gasteiger partial charge in [-0.1, -0.05) is 58.4 Å². The van der Waals surface area contributed by atoms with Gasteiger partial charge < -0.3 is 161 Å². The van der Waals surface area contributed by atoms with Crippen molar-refractivity contribution in [2.45, 2.75) is 233 Å². The number of hydrogen-bond acceptors (Lipinski definition) is 31. The lowest BCUT2D eigenvalue weighted by Crippen LogP contribution is -2.64. The van der Waals surface area contributed by atoms with Crippen LogP contribution in [0.15, 0.2) is 53.5 Å². The van der Waals surface area contributed by atoms with Gasteiger partial charge in [-0.2, -0.15) is 25.3 Å². The Labute approximate surface area is 749 Å². The third-order valence-electron chi connectivity index (χ3n) is 20.4. The Morgan fingerprint density at radius 2 is 0.852 bits per heavy atom. The van der Waals surface area contributed by atoms with Crippen molar-refractivity contribution in [3.63, 3.8) is 0 Å². The number of aromatic hydroxyl groups is 2. The molecule has 0 radical (unpaired) electrons. The summed E-state index contributed by atoms with van der Waals surface area (Å²) in [5.74, 6) is -21.1. The number of nitrogens with one attached hydrogen (secondary N) is 14. The Kier molecular flexibility index (Phi) is 47.4. The number of carboxylic acids is 1. The molecule has 0 aliphatic carbocycles. The van der Waals surface area contributed by atoms with E-state index in [2.05, 4.69) is 105 Å². The summed E-state index contributed by atoms with van der Waals surface area (Å²) in [4.78, 5) is 241. The minimum absolute atomic E-state index is 0.0909. The number of aliphatic hydroxyl groups is 4. The average molecular weight is 1850 g/mol. The number of hydrogen-bond donors (Lipinski definition) is 31. The fourth-order valence-electron chi connectivity index (χ4n) is 12.8. The molecule has 0 bridgehead atoms. The van der Waals surface area contributed by atoms with Gasteiger partial charge in [0.15, 0.2) is 5.96 Å². The predicted molar refractivity (Wildman–Crippen MR) is 468 cm³/mol. The van der Waals surface area contributed by atoms with Crippen molar-refractivity contribution in [1.82, 2.24) is 79.3 Å². The summed E-state index contributed by atoms with van der Waals surface area (Å²) in [5, 5.41) is 106. The van der Waals surface area contributed by atoms with Crippen LogP contribution in [0.1, 0.15) is 117 Å². The largest absolute Gasteiger partial charge is 0.508 e. The highest BCUT2D eigenvalue weighted by molar-refractivity contribution is 7.81. The number of likely N-dealkylation sites (tertiary alicyclic amines) is 1. The van der Waals surface area contributed by atoms with Crippen LogP contribution in [0.4, 0.5) is 0 Å². The van der Waals surface area contributed by atoms with Gasteiger partial charge in [0.25, 0.3) is 0 Å². The number of benzene rings is 2. The van der Waals surface area contributed by atoms with Crippen molar-refractivity contribution in [1.29, 1.82) is 0 Å². The number of nitrogens with zero attached hydrogens (tertiary/aromatic N) is 2. The molecule has 0 spiro atoms. The second-order valence-corrected chi connectivity index (χ2v) is 33.1. The van der Waals surface area contributed by atoms with Crippen LogP contribution in [0.3, 0.4) is 0 Å². The lowest BCUT2D eigenvalue weighted by atomic mass is 9.95. The van der Waals surface area contributed by atoms with Crippen molar-refractivity contribution in [3.05, 3.63) is 59.7 Å². The fraction of sp³-hybridized carbons (Fsp3) is 0.615. The second-order valence-electron chi connectivity index (χ2n) is 31.6. The number of guanidine groups is 1. The molecule has 16 amide bonds. The van der Waals surface area contributed by atoms with Gasteiger partial charge >= 0.3 is 5.97 Å². The maximum Gasteiger partial charge on any atom is 0.326 e. The topological polar surface area (TPSA) is 824 Å². The zero-order valence-electron chi connectivity index (χ0n) is 72.3. The minimum Gasteiger partial charge on any atom is -0.508 e. The lowest BCUT2D eigenvalue weighted by Gasteiger charge is -2.34. The van der Waals surface area contributed by atoms with Gasteiger partial charge in [0, 0.05) is 42.9 Å². The Morgan fingerprint density at radius 1 is 0.492 bits per heavy atom. The summed E-state index contributed by atoms with van der Waals surface area (Å²) in [7, 11) is 0. The van der Waals surface area contributed by atoms with Crippen LogP contribution in [-0.4, -0.2) is 319 Å². The summed E-state index contributed by atoms with van der Waals surface area (Å²) in [6.45, 7) is 6.62. The van der Waals surface area contributed by atoms with E-state index in [-0.39, 0.29) is 107 Å². The minimum atomic E-state index is -2.05. The quantitative estimate of drug-likeness (QED) is 0.0127. The molecule has 2 aromatic carbocycles. The van der Waals surface area contributed by atoms with Gasteiger partial charge in [-0.3, -0.25) is 81.7 Å². The third kappa shape index (κ3) is 36.4. The van der Waals surface area contributed by atoms with E-state index in [0.717, 1.165) is 11.8 Å². The molecule has 1 aliphatic rings. The molecule has 1 saturated heterocycles. The highest BCUT2D eigenvalue weighted by Crippen LogP contribution is 2.24. The number of β-amino-alcohol motifs (C(OH)–C–C–N with tert-alkyl or cyclic N) is 1. The Morgan fingerprint density at radius 3 is 1.24 bits per heavy atom. The number of phenolic OH excluding ortho intramolecular Hbond substituents is 2. The molecule has 19 atom stereocenters. The van der Waals surface area contributed by atoms with Crippen molar-refractivity contribution >= 4 is 132 Å². The van der Waals surface area contributed by atoms with Gasteiger partial charge in [0.05, 0.1) is 37.9 Å². The number of aliphatic hydroxyl groups excluding tert-OH is 4. The first-order chi connectivity index (χ1) is 60.1. The van der Waals surface area contributed by atoms with Crippen LogP contribution in [0.25, 0.3) is 0 Å². The number of aliphatic carboxylic acids is 1. The molecule has 2 aromatic rings. The maximum absolute atomic E-state index is 14.7. The second kappa shape index (κ2) is 54.7. The van der Waals surface area contributed by atoms with Gasteiger partial charge in [0.1, 0.15) is 102 Å². The van der Waals surface area contributed by atoms with E-state index in [1.165, 1.54) is 62.4 Å². The highest BCUT2D eigenvalue weighted by Gasteiger charge is 2.46. The van der Waals surface area contributed by atoms with Crippen LogP contribution < -0.4 is 120 Å². The summed E-state index contributed by atoms with van der Waals surface area (Å²) >= 11 is 8.74. The Balaban J connectivity index is 1.87. The number of rotatable bonds is 56. The molecule has 50 heteroatoms. The highest BCUT2D eigenvalue weighted by atomic mass is 32.1. The average Bonchev–Trinajstić information content (AvgIpc) is 0.881. The van der Waals surface area contributed by atoms with Crippen LogP contribution in [0, 0.1) is 11.8 Å². The predicted octanol–water partition coefficient (Wildman–Crippen LogP) is -11.9. The van der Waals surface area contributed by atoms with E-state index in [1.54, 1.807) is 27.7 Å². The Hall–Kier alpha value is -11.4. The summed E-state index contributed by atoms with van der Waals surface area (Å²) in [6, 6.07) is -15.6. The first-order valence-corrected chi connectivity index (χ1v) is 42.4. The summed E-state index contributed by atoms with van der Waals surface area (Å²) in [6.07, 6.45) is -6.45. The number of phenols is 2. The number of carbonyl (C=O) groups excluding carboxylic acids is 16. The molecule has 128 heavy (non-hydrogen) atoms. The van der Waals surface area contributed by atoms with E-state index in [0.29, 0.717) is 5.56 Å². The molecule has 37 N–H and O–H groups in total. The normalized spacial score (nSPS) is 17.1. The number of carbonyl (C=O) groups is 17. The molecule has 48 nitrogen and oxygen atoms in total. The van der Waals surface area contributed by atoms with E-state index in [9.17, 15) is 117 Å². The molecule has 716 valence electrons. The van der Waals surface area contributed by atoms with Crippen LogP contribution in [-0.2, 0) is 94.3 Å². The molecular formula is C78H128N24O24S2. The standard InChI is InChI=1S/C78H128N24O24S2/c1-8-37(4)58(99-71(120)55-30-43(108)32-102(55)75(124)57(84)36(2)3)72(121)101-60(78(6,7)128)74(123)94-49(28-39-11-15-41(106)16-12-39)66(115)97-53(34-104)69(118)93-50(31-56(83)109)67(116)88-44(10-9-27-87-77(85)86)61(110)90-48(22-26-82)65(114)100-59(38(5)105)73(122)92-47(21-25-81)63(112)96-52(33-103)68(117)91-45(19-23-79)62(111)89-46(20-24-80)64(113)98-54(35-127)70(119)95-51(76(125)126)29-40-13-17-42(107)18-14-40/h11-18,36-38,43-55,57-60,103-108,127-128H,8-10,19-35,79-82,84H2,1-7H3,(H2,83,109)(H,88,116)(H,89,111)(H,90,110)(H,91,117)(H,92,122)(H,93,118)(H,94,123)(H,95,119)(H,96,112)(H,97,115)(H,98,113)(H,99,120)(H,100,114)(H,101,121)(H,125,126)(H4,85,86,87)/t37-,38+,43+,44-,45-,46-,47+,48+,49-,50-,51-,52-,53-,54-,55-,57-,58-,59-,60+/m0/s1. The molecular weight excluding hydrogens is 1720 g/mol. The Bertz CT molecular complexity index is 4130. The zero-order valence-corrected chi connectivity index (χ0v) is 74.1. The van der Waals surface area contributed by atoms with Crippen LogP contribution >= 0.6 is 25.3 Å². The molecule has 3 rings (SSSR count). The lowest BCUT2D eigenvalue weighted by molar-refractivity contribution is -0.142. The van der Waals surface area contributed by atoms with Crippen molar-refractivity contribution in [2.24, 2.45) is 62.7 Å². The SMILES string of the molecule is CC[C@H](C)[C@H](NC(=O)[C@@H]1C[C@@H](O)CN1C(=O)[C@@H](N)C(C)C)C(=O)N[C@H](C(=O)N[C@@H](Cc1ccc(O)cc1)C(=O)N[C@@H](CO)C(=O)N[C@@H](CC(N)=O)C(=O)N[C@@H](CCCN=C(N)N)C(=O)N[C@H](CCN)C(=O)N[C@H](C(=O)N[C@H](CCN)C(=O)N[C@@H](CO)C(=O)N[C@@H](CCN)C(=O)N[C@@H](CCN)C(=O)N[C@@H](CS)C(=O)N[C@@H](Cc1ccc(O)cc1)C(=O)O)[C@@H](C)O)C(C)(C)S. The zero-order chi connectivity index (χ0) is 96.7. The van der Waals surface area contributed by atoms with Gasteiger partial charge in [-0.15, -0.1) is 0 Å². The van der Waals surface area contributed by atoms with Crippen LogP contribution in [0.2, 0.25) is 0 Å². The van der Waals surface area contributed by atoms with Gasteiger partial charge in [0.2, 0.25) is 94.5 Å². The van der Waals surface area contributed by atoms with Crippen molar-refractivity contribution in [2.75, 3.05) is 58.2 Å². The summed E-state index contributed by atoms with van der Waals surface area (Å²) < 4.78 is -1.49. The summed E-state index contributed by atoms with van der Waals surface area (Å²) in [5.41, 5.74) is 46.7. The van der Waals surface area contributed by atoms with E-state index >= 15 is 0 Å². The van der Waals surface area contributed by atoms with Gasteiger partial charge in [-0.05, 0) is 133 Å². The van der Waals surface area contributed by atoms with Gasteiger partial charge in [-0.25, -0.2) is 4.79 Å². The van der Waals surface area contributed by atoms with Crippen molar-refractivity contribution in [3.8, 4) is 11.5 Å². The van der Waals surface area contributed by atoms with E-state index in [4.69, 9.17) is 45.9 Å². The maximum atomic E-state index is 14.7. The monoisotopic (exact) mass is 1850 g/mol. The van der Waals surface area contributed by atoms with E-state index in [1.807, 2.05) is 0 Å². The van der Waals surface area contributed by atoms with E-state index < -0.39 is 271 Å². The number of thiol groups is 2. The molecule has 1 fully saturated rings. The molecule has 0 saturated carbocycles. The number of primary amides is 1. The number of aliphatic imine (C=N–C) groups is 1. The molecule has 1 aliphatic heterocycles. The van der Waals surface area contributed by atoms with Crippen molar-refractivity contribution < 1.29 is 117 Å². The van der Waals surface area contributed by atoms with Crippen LogP contribution in [0.5, 0.6) is 11.5 Å². The molecule has 0 aromatic heterocycles. The smallest absolute Gasteiger partial charge is 0.326 e. The number of carboxylic acid groups (broad SMARTS) is 1. The first-order valence-electron chi connectivity index (χ1n) is 41.3. The third-order valence-corrected chi connectivity index (χ3v) is 21.0.